The maximum Gasteiger partial charge on any atom is 0.352 e. The molecule has 0 aromatic carbocycles. The number of rotatable bonds is 4. The molecular formula is C16H14N4O5. The predicted octanol–water partition coefficient (Wildman–Crippen LogP) is 2.38. The molecule has 0 saturated heterocycles. The molecule has 0 fully saturated rings. The van der Waals surface area contributed by atoms with Crippen molar-refractivity contribution in [3.63, 3.8) is 0 Å². The van der Waals surface area contributed by atoms with Crippen molar-refractivity contribution in [3.8, 4) is 0 Å². The summed E-state index contributed by atoms with van der Waals surface area (Å²) < 4.78 is 0. The number of carboxylic acid groups (broad SMARTS) is 1. The fourth-order valence-corrected chi connectivity index (χ4v) is 2.89. The molecule has 0 unspecified atom stereocenters. The summed E-state index contributed by atoms with van der Waals surface area (Å²) in [6.07, 6.45) is 3.14. The van der Waals surface area contributed by atoms with Crippen LogP contribution in [-0.2, 0) is 11.2 Å². The first-order chi connectivity index (χ1) is 11.8. The standard InChI is InChI=1S/C16H14N4O5/c1-3-9-7(2)13(16(22)23)18-12(9)5-11-10-4-8(20(24)25)6-17-14(10)19-15(11)21/h4-6,18H,3H2,1-2H3,(H,22,23)(H,17,19,21). The molecule has 0 bridgehead atoms. The molecular weight excluding hydrogens is 328 g/mol. The molecule has 0 aliphatic carbocycles. The second kappa shape index (κ2) is 5.86. The number of carboxylic acids is 1. The molecule has 9 heteroatoms. The molecule has 0 saturated carbocycles. The van der Waals surface area contributed by atoms with E-state index in [9.17, 15) is 24.8 Å². The van der Waals surface area contributed by atoms with Crippen molar-refractivity contribution in [2.45, 2.75) is 20.3 Å². The maximum absolute atomic E-state index is 12.2. The van der Waals surface area contributed by atoms with Gasteiger partial charge in [0.25, 0.3) is 11.6 Å². The predicted molar refractivity (Wildman–Crippen MR) is 89.3 cm³/mol. The van der Waals surface area contributed by atoms with Gasteiger partial charge in [-0.25, -0.2) is 9.78 Å². The first-order valence-electron chi connectivity index (χ1n) is 7.46. The molecule has 2 aromatic rings. The molecule has 0 radical (unpaired) electrons. The molecule has 0 atom stereocenters. The molecule has 3 rings (SSSR count). The first-order valence-corrected chi connectivity index (χ1v) is 7.46. The van der Waals surface area contributed by atoms with Crippen LogP contribution in [0.15, 0.2) is 12.3 Å². The summed E-state index contributed by atoms with van der Waals surface area (Å²) in [4.78, 5) is 40.6. The molecule has 0 spiro atoms. The Hall–Kier alpha value is -3.49. The van der Waals surface area contributed by atoms with E-state index in [0.717, 1.165) is 11.8 Å². The first kappa shape index (κ1) is 16.4. The summed E-state index contributed by atoms with van der Waals surface area (Å²) in [7, 11) is 0. The second-order valence-corrected chi connectivity index (χ2v) is 5.53. The van der Waals surface area contributed by atoms with E-state index in [4.69, 9.17) is 0 Å². The minimum Gasteiger partial charge on any atom is -0.477 e. The fourth-order valence-electron chi connectivity index (χ4n) is 2.89. The Balaban J connectivity index is 2.17. The highest BCUT2D eigenvalue weighted by Crippen LogP contribution is 2.34. The van der Waals surface area contributed by atoms with Crippen LogP contribution in [0.1, 0.15) is 39.8 Å². The average molecular weight is 342 g/mol. The number of nitrogens with zero attached hydrogens (tertiary/aromatic N) is 2. The van der Waals surface area contributed by atoms with Crippen molar-refractivity contribution in [3.05, 3.63) is 50.5 Å². The molecule has 9 nitrogen and oxygen atoms in total. The number of amides is 1. The lowest BCUT2D eigenvalue weighted by Crippen LogP contribution is -2.04. The molecule has 128 valence electrons. The molecule has 2 aromatic heterocycles. The van der Waals surface area contributed by atoms with Crippen LogP contribution in [0.25, 0.3) is 11.6 Å². The molecule has 3 heterocycles. The van der Waals surface area contributed by atoms with Crippen molar-refractivity contribution in [1.29, 1.82) is 0 Å². The third kappa shape index (κ3) is 2.65. The SMILES string of the molecule is CCc1c(C=C2C(=O)Nc3ncc([N+](=O)[O-])cc32)[nH]c(C(=O)O)c1C. The van der Waals surface area contributed by atoms with Gasteiger partial charge in [0.05, 0.1) is 10.5 Å². The average Bonchev–Trinajstić information content (AvgIpc) is 3.04. The van der Waals surface area contributed by atoms with E-state index < -0.39 is 16.8 Å². The number of H-pyrrole nitrogens is 1. The van der Waals surface area contributed by atoms with Crippen LogP contribution < -0.4 is 5.32 Å². The van der Waals surface area contributed by atoms with Crippen molar-refractivity contribution in [1.82, 2.24) is 9.97 Å². The minimum absolute atomic E-state index is 0.0551. The number of pyridine rings is 1. The van der Waals surface area contributed by atoms with Gasteiger partial charge in [-0.3, -0.25) is 14.9 Å². The normalized spacial score (nSPS) is 14.5. The zero-order chi connectivity index (χ0) is 18.3. The van der Waals surface area contributed by atoms with E-state index >= 15 is 0 Å². The number of fused-ring (bicyclic) bond motifs is 1. The third-order valence-corrected chi connectivity index (χ3v) is 4.12. The fraction of sp³-hybridized carbons (Fsp3) is 0.188. The van der Waals surface area contributed by atoms with Gasteiger partial charge >= 0.3 is 5.97 Å². The number of carbonyl (C=O) groups is 2. The van der Waals surface area contributed by atoms with Gasteiger partial charge in [0, 0.05) is 17.3 Å². The van der Waals surface area contributed by atoms with E-state index in [2.05, 4.69) is 15.3 Å². The van der Waals surface area contributed by atoms with E-state index in [1.807, 2.05) is 6.92 Å². The Labute approximate surface area is 141 Å². The van der Waals surface area contributed by atoms with Crippen molar-refractivity contribution in [2.75, 3.05) is 5.32 Å². The van der Waals surface area contributed by atoms with E-state index in [0.29, 0.717) is 23.2 Å². The maximum atomic E-state index is 12.2. The van der Waals surface area contributed by atoms with Gasteiger partial charge in [-0.15, -0.1) is 0 Å². The number of aromatic carboxylic acids is 1. The van der Waals surface area contributed by atoms with Gasteiger partial charge in [0.15, 0.2) is 0 Å². The van der Waals surface area contributed by atoms with Crippen LogP contribution in [0, 0.1) is 17.0 Å². The van der Waals surface area contributed by atoms with E-state index in [-0.39, 0.29) is 22.8 Å². The summed E-state index contributed by atoms with van der Waals surface area (Å²) in [5.74, 6) is -1.30. The van der Waals surface area contributed by atoms with Crippen LogP contribution >= 0.6 is 0 Å². The van der Waals surface area contributed by atoms with Gasteiger partial charge < -0.3 is 15.4 Å². The van der Waals surface area contributed by atoms with Gasteiger partial charge in [-0.05, 0) is 30.5 Å². The highest BCUT2D eigenvalue weighted by molar-refractivity contribution is 6.34. The second-order valence-electron chi connectivity index (χ2n) is 5.53. The summed E-state index contributed by atoms with van der Waals surface area (Å²) in [6, 6.07) is 1.27. The highest BCUT2D eigenvalue weighted by Gasteiger charge is 2.28. The van der Waals surface area contributed by atoms with Crippen molar-refractivity contribution < 1.29 is 19.6 Å². The zero-order valence-corrected chi connectivity index (χ0v) is 13.4. The monoisotopic (exact) mass is 342 g/mol. The zero-order valence-electron chi connectivity index (χ0n) is 13.4. The largest absolute Gasteiger partial charge is 0.477 e. The van der Waals surface area contributed by atoms with Crippen LogP contribution in [0.2, 0.25) is 0 Å². The van der Waals surface area contributed by atoms with Gasteiger partial charge in [0.1, 0.15) is 17.7 Å². The number of hydrogen-bond acceptors (Lipinski definition) is 5. The van der Waals surface area contributed by atoms with Crippen LogP contribution in [0.4, 0.5) is 11.5 Å². The van der Waals surface area contributed by atoms with Gasteiger partial charge in [0.2, 0.25) is 0 Å². The lowest BCUT2D eigenvalue weighted by atomic mass is 10.0. The summed E-state index contributed by atoms with van der Waals surface area (Å²) >= 11 is 0. The van der Waals surface area contributed by atoms with E-state index in [1.54, 1.807) is 6.92 Å². The third-order valence-electron chi connectivity index (χ3n) is 4.12. The summed E-state index contributed by atoms with van der Waals surface area (Å²) in [5.41, 5.74) is 2.18. The molecule has 25 heavy (non-hydrogen) atoms. The number of hydrogen-bond donors (Lipinski definition) is 3. The van der Waals surface area contributed by atoms with Crippen LogP contribution in [-0.4, -0.2) is 31.9 Å². The Morgan fingerprint density at radius 1 is 1.48 bits per heavy atom. The van der Waals surface area contributed by atoms with Crippen LogP contribution in [0.5, 0.6) is 0 Å². The van der Waals surface area contributed by atoms with Crippen LogP contribution in [0.3, 0.4) is 0 Å². The quantitative estimate of drug-likeness (QED) is 0.443. The van der Waals surface area contributed by atoms with E-state index in [1.165, 1.54) is 12.1 Å². The smallest absolute Gasteiger partial charge is 0.352 e. The molecule has 1 amide bonds. The molecule has 3 N–H and O–H groups in total. The Bertz CT molecular complexity index is 958. The summed E-state index contributed by atoms with van der Waals surface area (Å²) in [6.45, 7) is 3.56. The number of nitrogens with one attached hydrogen (secondary N) is 2. The summed E-state index contributed by atoms with van der Waals surface area (Å²) in [5, 5.41) is 22.7. The molecule has 1 aliphatic rings. The lowest BCUT2D eigenvalue weighted by Gasteiger charge is -2.00. The van der Waals surface area contributed by atoms with Gasteiger partial charge in [-0.1, -0.05) is 6.92 Å². The Morgan fingerprint density at radius 3 is 2.80 bits per heavy atom. The Kier molecular flexibility index (Phi) is 3.84. The minimum atomic E-state index is -1.09. The topological polar surface area (TPSA) is 138 Å². The van der Waals surface area contributed by atoms with Crippen molar-refractivity contribution in [2.24, 2.45) is 0 Å². The van der Waals surface area contributed by atoms with Crippen molar-refractivity contribution >= 4 is 35.0 Å². The number of carbonyl (C=O) groups excluding carboxylic acids is 1. The number of nitro groups is 1. The van der Waals surface area contributed by atoms with Gasteiger partial charge in [-0.2, -0.15) is 0 Å². The number of aromatic nitrogens is 2. The Morgan fingerprint density at radius 2 is 2.20 bits per heavy atom. The number of aromatic amines is 1. The lowest BCUT2D eigenvalue weighted by molar-refractivity contribution is -0.385. The number of anilines is 1. The highest BCUT2D eigenvalue weighted by atomic mass is 16.6. The molecule has 1 aliphatic heterocycles.